The van der Waals surface area contributed by atoms with E-state index in [4.69, 9.17) is 25.5 Å². The third-order valence-corrected chi connectivity index (χ3v) is 4.73. The first-order valence-electron chi connectivity index (χ1n) is 8.97. The summed E-state index contributed by atoms with van der Waals surface area (Å²) in [6.07, 6.45) is 3.19. The van der Waals surface area contributed by atoms with Crippen LogP contribution in [-0.4, -0.2) is 16.7 Å². The molecule has 0 bridgehead atoms. The van der Waals surface area contributed by atoms with E-state index in [2.05, 4.69) is 4.98 Å². The molecule has 0 fully saturated rings. The maximum absolute atomic E-state index is 12.5. The molecule has 6 nitrogen and oxygen atoms in total. The Hall–Kier alpha value is -3.90. The first-order valence-corrected chi connectivity index (χ1v) is 9.35. The Kier molecular flexibility index (Phi) is 4.34. The lowest BCUT2D eigenvalue weighted by atomic mass is 10.1. The summed E-state index contributed by atoms with van der Waals surface area (Å²) >= 11 is 5.96. The summed E-state index contributed by atoms with van der Waals surface area (Å²) in [7, 11) is 0. The lowest BCUT2D eigenvalue weighted by molar-refractivity contribution is 0.0703. The average molecular weight is 418 g/mol. The smallest absolute Gasteiger partial charge is 0.379 e. The largest absolute Gasteiger partial charge is 0.452 e. The van der Waals surface area contributed by atoms with Gasteiger partial charge in [-0.3, -0.25) is 9.78 Å². The van der Waals surface area contributed by atoms with Gasteiger partial charge in [0.25, 0.3) is 0 Å². The zero-order valence-electron chi connectivity index (χ0n) is 15.3. The molecule has 1 aliphatic heterocycles. The fourth-order valence-corrected chi connectivity index (χ4v) is 3.28. The molecule has 146 valence electrons. The van der Waals surface area contributed by atoms with Crippen LogP contribution in [0.1, 0.15) is 26.6 Å². The number of pyridine rings is 1. The zero-order valence-corrected chi connectivity index (χ0v) is 16.1. The molecule has 0 unspecified atom stereocenters. The highest BCUT2D eigenvalue weighted by Crippen LogP contribution is 2.35. The van der Waals surface area contributed by atoms with Crippen molar-refractivity contribution in [3.63, 3.8) is 0 Å². The maximum Gasteiger partial charge on any atom is 0.379 e. The fraction of sp³-hybridized carbons (Fsp3) is 0. The Bertz CT molecular complexity index is 1340. The topological polar surface area (TPSA) is 78.6 Å². The number of ketones is 1. The molecule has 0 N–H and O–H groups in total. The SMILES string of the molecule is O=C(Oc1ccc2c(c1)O/C(=C\c1ccccn1)C2=O)c1cc2cc(Cl)ccc2o1. The first kappa shape index (κ1) is 18.1. The van der Waals surface area contributed by atoms with Crippen molar-refractivity contribution in [3.8, 4) is 11.5 Å². The zero-order chi connectivity index (χ0) is 20.7. The van der Waals surface area contributed by atoms with Crippen LogP contribution in [0.2, 0.25) is 5.02 Å². The van der Waals surface area contributed by atoms with Crippen LogP contribution in [0.25, 0.3) is 17.0 Å². The molecule has 0 saturated carbocycles. The third-order valence-electron chi connectivity index (χ3n) is 4.50. The van der Waals surface area contributed by atoms with Crippen LogP contribution >= 0.6 is 11.6 Å². The van der Waals surface area contributed by atoms with Gasteiger partial charge in [0.2, 0.25) is 11.5 Å². The van der Waals surface area contributed by atoms with Gasteiger partial charge in [0.15, 0.2) is 5.76 Å². The first-order chi connectivity index (χ1) is 14.6. The number of fused-ring (bicyclic) bond motifs is 2. The lowest BCUT2D eigenvalue weighted by Crippen LogP contribution is -2.07. The number of allylic oxidation sites excluding steroid dienone is 1. The molecule has 0 atom stereocenters. The predicted octanol–water partition coefficient (Wildman–Crippen LogP) is 5.32. The molecule has 0 aliphatic carbocycles. The number of carbonyl (C=O) groups excluding carboxylic acids is 2. The minimum absolute atomic E-state index is 0.0421. The van der Waals surface area contributed by atoms with Crippen molar-refractivity contribution >= 4 is 40.4 Å². The van der Waals surface area contributed by atoms with E-state index in [1.165, 1.54) is 12.1 Å². The Morgan fingerprint density at radius 3 is 2.80 bits per heavy atom. The van der Waals surface area contributed by atoms with Crippen LogP contribution in [0.5, 0.6) is 11.5 Å². The van der Waals surface area contributed by atoms with Gasteiger partial charge >= 0.3 is 5.97 Å². The highest BCUT2D eigenvalue weighted by molar-refractivity contribution is 6.31. The van der Waals surface area contributed by atoms with E-state index in [1.807, 2.05) is 6.07 Å². The summed E-state index contributed by atoms with van der Waals surface area (Å²) in [5.41, 5.74) is 1.51. The number of furan rings is 1. The molecular weight excluding hydrogens is 406 g/mol. The molecule has 2 aromatic carbocycles. The van der Waals surface area contributed by atoms with Crippen LogP contribution in [-0.2, 0) is 0 Å². The van der Waals surface area contributed by atoms with Crippen molar-refractivity contribution in [2.75, 3.05) is 0 Å². The van der Waals surface area contributed by atoms with Crippen molar-refractivity contribution in [2.45, 2.75) is 0 Å². The monoisotopic (exact) mass is 417 g/mol. The maximum atomic E-state index is 12.5. The van der Waals surface area contributed by atoms with E-state index in [9.17, 15) is 9.59 Å². The van der Waals surface area contributed by atoms with Gasteiger partial charge in [-0.1, -0.05) is 17.7 Å². The van der Waals surface area contributed by atoms with Crippen molar-refractivity contribution in [1.29, 1.82) is 0 Å². The number of esters is 1. The number of carbonyl (C=O) groups is 2. The second-order valence-electron chi connectivity index (χ2n) is 6.53. The number of hydrogen-bond donors (Lipinski definition) is 0. The molecule has 0 radical (unpaired) electrons. The Morgan fingerprint density at radius 1 is 1.07 bits per heavy atom. The minimum Gasteiger partial charge on any atom is -0.452 e. The molecule has 7 heteroatoms. The van der Waals surface area contributed by atoms with Crippen LogP contribution in [0, 0.1) is 0 Å². The average Bonchev–Trinajstić information content (AvgIpc) is 3.29. The van der Waals surface area contributed by atoms with E-state index < -0.39 is 5.97 Å². The van der Waals surface area contributed by atoms with Gasteiger partial charge in [0.1, 0.15) is 17.1 Å². The van der Waals surface area contributed by atoms with Crippen LogP contribution < -0.4 is 9.47 Å². The second-order valence-corrected chi connectivity index (χ2v) is 6.97. The van der Waals surface area contributed by atoms with Gasteiger partial charge in [0.05, 0.1) is 11.3 Å². The van der Waals surface area contributed by atoms with Gasteiger partial charge in [0, 0.05) is 28.7 Å². The summed E-state index contributed by atoms with van der Waals surface area (Å²) < 4.78 is 16.6. The van der Waals surface area contributed by atoms with Crippen LogP contribution in [0.4, 0.5) is 0 Å². The number of benzene rings is 2. The van der Waals surface area contributed by atoms with E-state index in [-0.39, 0.29) is 23.1 Å². The van der Waals surface area contributed by atoms with Crippen molar-refractivity contribution < 1.29 is 23.5 Å². The van der Waals surface area contributed by atoms with Crippen molar-refractivity contribution in [2.24, 2.45) is 0 Å². The van der Waals surface area contributed by atoms with Crippen LogP contribution in [0.15, 0.2) is 77.0 Å². The molecular formula is C23H12ClNO5. The van der Waals surface area contributed by atoms with E-state index in [0.29, 0.717) is 33.0 Å². The summed E-state index contributed by atoms with van der Waals surface area (Å²) in [6.45, 7) is 0. The summed E-state index contributed by atoms with van der Waals surface area (Å²) in [6, 6.07) is 16.5. The van der Waals surface area contributed by atoms with Gasteiger partial charge in [-0.05, 0) is 48.5 Å². The quantitative estimate of drug-likeness (QED) is 0.255. The minimum atomic E-state index is -0.671. The number of hydrogen-bond acceptors (Lipinski definition) is 6. The molecule has 1 aliphatic rings. The van der Waals surface area contributed by atoms with Gasteiger partial charge in [-0.2, -0.15) is 0 Å². The Balaban J connectivity index is 1.38. The second kappa shape index (κ2) is 7.17. The molecule has 5 rings (SSSR count). The van der Waals surface area contributed by atoms with E-state index in [0.717, 1.165) is 0 Å². The highest BCUT2D eigenvalue weighted by atomic mass is 35.5. The lowest BCUT2D eigenvalue weighted by Gasteiger charge is -2.04. The molecule has 2 aromatic heterocycles. The summed E-state index contributed by atoms with van der Waals surface area (Å²) in [4.78, 5) is 29.1. The Morgan fingerprint density at radius 2 is 1.97 bits per heavy atom. The number of Topliss-reactive ketones (excluding diaryl/α,β-unsaturated/α-hetero) is 1. The van der Waals surface area contributed by atoms with Gasteiger partial charge < -0.3 is 13.9 Å². The predicted molar refractivity (Wildman–Crippen MR) is 110 cm³/mol. The van der Waals surface area contributed by atoms with E-state index in [1.54, 1.807) is 54.7 Å². The number of nitrogens with zero attached hydrogens (tertiary/aromatic N) is 1. The third kappa shape index (κ3) is 3.33. The van der Waals surface area contributed by atoms with Gasteiger partial charge in [-0.15, -0.1) is 0 Å². The van der Waals surface area contributed by atoms with Crippen molar-refractivity contribution in [1.82, 2.24) is 4.98 Å². The number of ether oxygens (including phenoxy) is 2. The molecule has 0 spiro atoms. The van der Waals surface area contributed by atoms with Crippen molar-refractivity contribution in [3.05, 3.63) is 94.7 Å². The number of halogens is 1. The van der Waals surface area contributed by atoms with Crippen LogP contribution in [0.3, 0.4) is 0 Å². The molecule has 0 amide bonds. The normalized spacial score (nSPS) is 14.0. The van der Waals surface area contributed by atoms with E-state index >= 15 is 0 Å². The standard InChI is InChI=1S/C23H12ClNO5/c24-14-4-7-18-13(9-14)10-21(29-18)23(27)28-16-5-6-17-19(12-16)30-20(22(17)26)11-15-3-1-2-8-25-15/h1-12H/b20-11-. The number of aromatic nitrogens is 1. The summed E-state index contributed by atoms with van der Waals surface area (Å²) in [5, 5.41) is 1.24. The molecule has 30 heavy (non-hydrogen) atoms. The molecule has 0 saturated heterocycles. The molecule has 4 aromatic rings. The summed E-state index contributed by atoms with van der Waals surface area (Å²) in [5.74, 6) is -0.201. The fourth-order valence-electron chi connectivity index (χ4n) is 3.10. The highest BCUT2D eigenvalue weighted by Gasteiger charge is 2.28. The Labute approximate surface area is 175 Å². The number of rotatable bonds is 3. The van der Waals surface area contributed by atoms with Gasteiger partial charge in [-0.25, -0.2) is 4.79 Å². The molecule has 3 heterocycles.